The van der Waals surface area contributed by atoms with E-state index in [-0.39, 0.29) is 5.91 Å². The molecule has 3 nitrogen and oxygen atoms in total. The quantitative estimate of drug-likeness (QED) is 0.801. The molecule has 2 aromatic rings. The first kappa shape index (κ1) is 16.7. The number of carbonyl (C=O) groups is 1. The van der Waals surface area contributed by atoms with E-state index < -0.39 is 0 Å². The molecule has 2 N–H and O–H groups in total. The molecule has 2 aromatic carbocycles. The zero-order chi connectivity index (χ0) is 16.1. The smallest absolute Gasteiger partial charge is 0.226 e. The lowest BCUT2D eigenvalue weighted by Gasteiger charge is -2.13. The minimum atomic E-state index is -0.131. The van der Waals surface area contributed by atoms with Crippen molar-refractivity contribution in [2.75, 3.05) is 17.2 Å². The average molecular weight is 337 g/mol. The summed E-state index contributed by atoms with van der Waals surface area (Å²) in [5.41, 5.74) is 3.86. The molecule has 0 heterocycles. The predicted octanol–water partition coefficient (Wildman–Crippen LogP) is 5.05. The van der Waals surface area contributed by atoms with E-state index in [1.165, 1.54) is 0 Å². The van der Waals surface area contributed by atoms with Crippen LogP contribution in [-0.4, -0.2) is 12.5 Å². The van der Waals surface area contributed by atoms with E-state index in [1.54, 1.807) is 18.2 Å². The standard InChI is InChI=1S/C17H18Cl2N2O/c1-11-5-3-6-12(2)16(11)20-10-9-15(22)21-17-13(18)7-4-8-14(17)19/h3-8,20H,9-10H2,1-2H3,(H,21,22). The Labute approximate surface area is 140 Å². The highest BCUT2D eigenvalue weighted by molar-refractivity contribution is 6.39. The van der Waals surface area contributed by atoms with Crippen molar-refractivity contribution >= 4 is 40.5 Å². The Balaban J connectivity index is 1.91. The normalized spacial score (nSPS) is 10.4. The van der Waals surface area contributed by atoms with Crippen LogP contribution in [0.5, 0.6) is 0 Å². The Bertz CT molecular complexity index is 646. The van der Waals surface area contributed by atoms with Gasteiger partial charge < -0.3 is 10.6 Å². The fraction of sp³-hybridized carbons (Fsp3) is 0.235. The van der Waals surface area contributed by atoms with Crippen molar-refractivity contribution in [2.24, 2.45) is 0 Å². The van der Waals surface area contributed by atoms with Gasteiger partial charge >= 0.3 is 0 Å². The van der Waals surface area contributed by atoms with Crippen molar-refractivity contribution in [3.8, 4) is 0 Å². The molecule has 2 rings (SSSR count). The molecular weight excluding hydrogens is 319 g/mol. The minimum Gasteiger partial charge on any atom is -0.384 e. The van der Waals surface area contributed by atoms with Crippen LogP contribution in [0.1, 0.15) is 17.5 Å². The summed E-state index contributed by atoms with van der Waals surface area (Å²) in [7, 11) is 0. The third-order valence-electron chi connectivity index (χ3n) is 3.36. The molecule has 0 unspecified atom stereocenters. The Morgan fingerprint density at radius 2 is 1.50 bits per heavy atom. The number of para-hydroxylation sites is 2. The van der Waals surface area contributed by atoms with Crippen molar-refractivity contribution in [1.29, 1.82) is 0 Å². The van der Waals surface area contributed by atoms with Gasteiger partial charge in [0.25, 0.3) is 0 Å². The summed E-state index contributed by atoms with van der Waals surface area (Å²) in [6.45, 7) is 4.62. The Morgan fingerprint density at radius 3 is 2.09 bits per heavy atom. The maximum absolute atomic E-state index is 12.0. The lowest BCUT2D eigenvalue weighted by Crippen LogP contribution is -2.17. The number of halogens is 2. The van der Waals surface area contributed by atoms with Gasteiger partial charge in [0.2, 0.25) is 5.91 Å². The molecule has 0 aliphatic rings. The largest absolute Gasteiger partial charge is 0.384 e. The second-order valence-corrected chi connectivity index (χ2v) is 5.90. The lowest BCUT2D eigenvalue weighted by atomic mass is 10.1. The van der Waals surface area contributed by atoms with Crippen LogP contribution in [0.4, 0.5) is 11.4 Å². The number of rotatable bonds is 5. The van der Waals surface area contributed by atoms with Crippen LogP contribution >= 0.6 is 23.2 Å². The molecule has 116 valence electrons. The molecule has 0 atom stereocenters. The highest BCUT2D eigenvalue weighted by Crippen LogP contribution is 2.29. The number of aryl methyl sites for hydroxylation is 2. The molecule has 0 bridgehead atoms. The first-order valence-electron chi connectivity index (χ1n) is 7.03. The topological polar surface area (TPSA) is 41.1 Å². The van der Waals surface area contributed by atoms with Gasteiger partial charge in [-0.2, -0.15) is 0 Å². The first-order chi connectivity index (χ1) is 10.5. The van der Waals surface area contributed by atoms with Crippen LogP contribution in [0.3, 0.4) is 0 Å². The SMILES string of the molecule is Cc1cccc(C)c1NCCC(=O)Nc1c(Cl)cccc1Cl. The van der Waals surface area contributed by atoms with E-state index in [1.807, 2.05) is 32.0 Å². The Hall–Kier alpha value is -1.71. The van der Waals surface area contributed by atoms with Gasteiger partial charge in [0, 0.05) is 18.7 Å². The van der Waals surface area contributed by atoms with Gasteiger partial charge in [-0.25, -0.2) is 0 Å². The lowest BCUT2D eigenvalue weighted by molar-refractivity contribution is -0.115. The van der Waals surface area contributed by atoms with Gasteiger partial charge in [-0.3, -0.25) is 4.79 Å². The van der Waals surface area contributed by atoms with E-state index in [0.717, 1.165) is 16.8 Å². The fourth-order valence-corrected chi connectivity index (χ4v) is 2.71. The predicted molar refractivity (Wildman–Crippen MR) is 94.1 cm³/mol. The maximum atomic E-state index is 12.0. The summed E-state index contributed by atoms with van der Waals surface area (Å²) in [5, 5.41) is 6.92. The monoisotopic (exact) mass is 336 g/mol. The van der Waals surface area contributed by atoms with Crippen LogP contribution in [0.15, 0.2) is 36.4 Å². The molecule has 0 saturated heterocycles. The van der Waals surface area contributed by atoms with Crippen molar-refractivity contribution in [3.05, 3.63) is 57.6 Å². The molecule has 0 aromatic heterocycles. The van der Waals surface area contributed by atoms with Gasteiger partial charge in [0.15, 0.2) is 0 Å². The Kier molecular flexibility index (Phi) is 5.69. The fourth-order valence-electron chi connectivity index (χ4n) is 2.21. The summed E-state index contributed by atoms with van der Waals surface area (Å²) < 4.78 is 0. The number of carbonyl (C=O) groups excluding carboxylic acids is 1. The second kappa shape index (κ2) is 7.52. The van der Waals surface area contributed by atoms with E-state index in [4.69, 9.17) is 23.2 Å². The zero-order valence-corrected chi connectivity index (χ0v) is 14.1. The third-order valence-corrected chi connectivity index (χ3v) is 3.99. The molecule has 0 fully saturated rings. The number of amides is 1. The minimum absolute atomic E-state index is 0.131. The highest BCUT2D eigenvalue weighted by Gasteiger charge is 2.09. The van der Waals surface area contributed by atoms with Gasteiger partial charge in [-0.05, 0) is 37.1 Å². The zero-order valence-electron chi connectivity index (χ0n) is 12.5. The summed E-state index contributed by atoms with van der Waals surface area (Å²) in [6.07, 6.45) is 0.329. The average Bonchev–Trinajstić information content (AvgIpc) is 2.46. The van der Waals surface area contributed by atoms with E-state index in [2.05, 4.69) is 10.6 Å². The Morgan fingerprint density at radius 1 is 0.955 bits per heavy atom. The van der Waals surface area contributed by atoms with Crippen LogP contribution < -0.4 is 10.6 Å². The van der Waals surface area contributed by atoms with Crippen molar-refractivity contribution in [3.63, 3.8) is 0 Å². The molecule has 1 amide bonds. The van der Waals surface area contributed by atoms with E-state index >= 15 is 0 Å². The third kappa shape index (κ3) is 4.15. The number of nitrogens with one attached hydrogen (secondary N) is 2. The van der Waals surface area contributed by atoms with Gasteiger partial charge in [0.1, 0.15) is 0 Å². The van der Waals surface area contributed by atoms with Crippen LogP contribution in [0.25, 0.3) is 0 Å². The molecule has 22 heavy (non-hydrogen) atoms. The van der Waals surface area contributed by atoms with Gasteiger partial charge in [0.05, 0.1) is 15.7 Å². The van der Waals surface area contributed by atoms with Gasteiger partial charge in [-0.15, -0.1) is 0 Å². The molecule has 5 heteroatoms. The molecule has 0 spiro atoms. The van der Waals surface area contributed by atoms with Crippen molar-refractivity contribution < 1.29 is 4.79 Å². The highest BCUT2D eigenvalue weighted by atomic mass is 35.5. The van der Waals surface area contributed by atoms with Crippen molar-refractivity contribution in [2.45, 2.75) is 20.3 Å². The second-order valence-electron chi connectivity index (χ2n) is 5.09. The molecule has 0 saturated carbocycles. The summed E-state index contributed by atoms with van der Waals surface area (Å²) in [6, 6.07) is 11.2. The van der Waals surface area contributed by atoms with E-state index in [9.17, 15) is 4.79 Å². The summed E-state index contributed by atoms with van der Waals surface area (Å²) in [4.78, 5) is 12.0. The van der Waals surface area contributed by atoms with E-state index in [0.29, 0.717) is 28.7 Å². The molecule has 0 aliphatic heterocycles. The number of anilines is 2. The molecule has 0 aliphatic carbocycles. The van der Waals surface area contributed by atoms with Gasteiger partial charge in [-0.1, -0.05) is 47.5 Å². The first-order valence-corrected chi connectivity index (χ1v) is 7.78. The van der Waals surface area contributed by atoms with Crippen LogP contribution in [0.2, 0.25) is 10.0 Å². The molecular formula is C17H18Cl2N2O. The molecule has 0 radical (unpaired) electrons. The number of hydrogen-bond acceptors (Lipinski definition) is 2. The van der Waals surface area contributed by atoms with Crippen LogP contribution in [-0.2, 0) is 4.79 Å². The summed E-state index contributed by atoms with van der Waals surface area (Å²) >= 11 is 12.1. The number of hydrogen-bond donors (Lipinski definition) is 2. The van der Waals surface area contributed by atoms with Crippen LogP contribution in [0, 0.1) is 13.8 Å². The van der Waals surface area contributed by atoms with Crippen molar-refractivity contribution in [1.82, 2.24) is 0 Å². The number of benzene rings is 2. The summed E-state index contributed by atoms with van der Waals surface area (Å²) in [5.74, 6) is -0.131. The maximum Gasteiger partial charge on any atom is 0.226 e.